The number of amides is 1. The summed E-state index contributed by atoms with van der Waals surface area (Å²) < 4.78 is 37.0. The Morgan fingerprint density at radius 3 is 2.32 bits per heavy atom. The minimum absolute atomic E-state index is 0.0176. The molecule has 0 unspecified atom stereocenters. The summed E-state index contributed by atoms with van der Waals surface area (Å²) >= 11 is 0. The Kier molecular flexibility index (Phi) is 5.35. The second-order valence-electron chi connectivity index (χ2n) is 4.60. The van der Waals surface area contributed by atoms with Gasteiger partial charge in [0.15, 0.2) is 0 Å². The summed E-state index contributed by atoms with van der Waals surface area (Å²) in [7, 11) is 0. The SMILES string of the molecule is CC(C)CONC(=O)Cc1ccc(C(F)(F)F)cc1. The minimum Gasteiger partial charge on any atom is -0.273 e. The van der Waals surface area contributed by atoms with Crippen molar-refractivity contribution in [3.8, 4) is 0 Å². The van der Waals surface area contributed by atoms with E-state index in [1.165, 1.54) is 12.1 Å². The quantitative estimate of drug-likeness (QED) is 0.839. The maximum atomic E-state index is 12.3. The van der Waals surface area contributed by atoms with Crippen LogP contribution >= 0.6 is 0 Å². The average Bonchev–Trinajstić information content (AvgIpc) is 2.27. The highest BCUT2D eigenvalue weighted by molar-refractivity contribution is 5.77. The molecule has 0 aliphatic heterocycles. The topological polar surface area (TPSA) is 38.3 Å². The van der Waals surface area contributed by atoms with Gasteiger partial charge >= 0.3 is 6.18 Å². The minimum atomic E-state index is -4.36. The smallest absolute Gasteiger partial charge is 0.273 e. The molecule has 106 valence electrons. The fraction of sp³-hybridized carbons (Fsp3) is 0.462. The molecule has 1 aromatic rings. The summed E-state index contributed by atoms with van der Waals surface area (Å²) in [6, 6.07) is 4.48. The lowest BCUT2D eigenvalue weighted by atomic mass is 10.1. The highest BCUT2D eigenvalue weighted by Crippen LogP contribution is 2.29. The fourth-order valence-corrected chi connectivity index (χ4v) is 1.32. The highest BCUT2D eigenvalue weighted by Gasteiger charge is 2.29. The third-order valence-corrected chi connectivity index (χ3v) is 2.25. The lowest BCUT2D eigenvalue weighted by Gasteiger charge is -2.09. The molecule has 0 aliphatic rings. The van der Waals surface area contributed by atoms with Crippen molar-refractivity contribution in [3.05, 3.63) is 35.4 Å². The van der Waals surface area contributed by atoms with Gasteiger partial charge in [-0.1, -0.05) is 26.0 Å². The van der Waals surface area contributed by atoms with Crippen molar-refractivity contribution in [2.75, 3.05) is 6.61 Å². The Hall–Kier alpha value is -1.56. The highest BCUT2D eigenvalue weighted by atomic mass is 19.4. The van der Waals surface area contributed by atoms with Gasteiger partial charge < -0.3 is 0 Å². The van der Waals surface area contributed by atoms with Gasteiger partial charge in [-0.25, -0.2) is 5.48 Å². The molecule has 0 aromatic heterocycles. The van der Waals surface area contributed by atoms with E-state index < -0.39 is 11.7 Å². The molecule has 1 amide bonds. The largest absolute Gasteiger partial charge is 0.416 e. The van der Waals surface area contributed by atoms with Crippen LogP contribution in [0.2, 0.25) is 0 Å². The van der Waals surface area contributed by atoms with Gasteiger partial charge in [-0.15, -0.1) is 0 Å². The van der Waals surface area contributed by atoms with Crippen LogP contribution in [-0.2, 0) is 22.2 Å². The van der Waals surface area contributed by atoms with E-state index in [0.717, 1.165) is 12.1 Å². The van der Waals surface area contributed by atoms with E-state index >= 15 is 0 Å². The number of hydrogen-bond acceptors (Lipinski definition) is 2. The molecule has 1 N–H and O–H groups in total. The Morgan fingerprint density at radius 2 is 1.84 bits per heavy atom. The van der Waals surface area contributed by atoms with Crippen molar-refractivity contribution in [2.45, 2.75) is 26.4 Å². The average molecular weight is 275 g/mol. The number of carbonyl (C=O) groups is 1. The van der Waals surface area contributed by atoms with E-state index in [9.17, 15) is 18.0 Å². The third kappa shape index (κ3) is 5.74. The first kappa shape index (κ1) is 15.5. The van der Waals surface area contributed by atoms with Gasteiger partial charge in [0.05, 0.1) is 18.6 Å². The van der Waals surface area contributed by atoms with Crippen LogP contribution in [0.5, 0.6) is 0 Å². The summed E-state index contributed by atoms with van der Waals surface area (Å²) in [4.78, 5) is 16.3. The second-order valence-corrected chi connectivity index (χ2v) is 4.60. The first-order valence-electron chi connectivity index (χ1n) is 5.86. The zero-order chi connectivity index (χ0) is 14.5. The van der Waals surface area contributed by atoms with Crippen LogP contribution < -0.4 is 5.48 Å². The van der Waals surface area contributed by atoms with Crippen molar-refractivity contribution < 1.29 is 22.8 Å². The number of halogens is 3. The second kappa shape index (κ2) is 6.56. The molecule has 0 spiro atoms. The summed E-state index contributed by atoms with van der Waals surface area (Å²) in [5, 5.41) is 0. The van der Waals surface area contributed by atoms with Crippen LogP contribution in [0.25, 0.3) is 0 Å². The van der Waals surface area contributed by atoms with Gasteiger partial charge in [0, 0.05) is 0 Å². The van der Waals surface area contributed by atoms with Crippen molar-refractivity contribution in [1.82, 2.24) is 5.48 Å². The molecule has 0 saturated carbocycles. The Bertz CT molecular complexity index is 413. The van der Waals surface area contributed by atoms with E-state index in [-0.39, 0.29) is 18.2 Å². The number of alkyl halides is 3. The molecule has 3 nitrogen and oxygen atoms in total. The summed E-state index contributed by atoms with van der Waals surface area (Å²) in [6.07, 6.45) is -4.38. The van der Waals surface area contributed by atoms with Crippen LogP contribution in [-0.4, -0.2) is 12.5 Å². The molecule has 1 aromatic carbocycles. The number of hydrogen-bond donors (Lipinski definition) is 1. The van der Waals surface area contributed by atoms with E-state index in [1.54, 1.807) is 0 Å². The van der Waals surface area contributed by atoms with Gasteiger partial charge in [-0.3, -0.25) is 9.63 Å². The Labute approximate surface area is 109 Å². The van der Waals surface area contributed by atoms with Crippen LogP contribution in [0.1, 0.15) is 25.0 Å². The maximum absolute atomic E-state index is 12.3. The molecule has 1 rings (SSSR count). The molecular weight excluding hydrogens is 259 g/mol. The zero-order valence-electron chi connectivity index (χ0n) is 10.8. The summed E-state index contributed by atoms with van der Waals surface area (Å²) in [6.45, 7) is 4.25. The summed E-state index contributed by atoms with van der Waals surface area (Å²) in [5.74, 6) is -0.105. The predicted octanol–water partition coefficient (Wildman–Crippen LogP) is 2.95. The molecule has 0 saturated heterocycles. The predicted molar refractivity (Wildman–Crippen MR) is 64.1 cm³/mol. The van der Waals surface area contributed by atoms with Gasteiger partial charge in [-0.2, -0.15) is 13.2 Å². The molecule has 0 radical (unpaired) electrons. The van der Waals surface area contributed by atoms with E-state index in [4.69, 9.17) is 4.84 Å². The van der Waals surface area contributed by atoms with E-state index in [1.807, 2.05) is 13.8 Å². The molecule has 6 heteroatoms. The number of nitrogens with one attached hydrogen (secondary N) is 1. The van der Waals surface area contributed by atoms with Gasteiger partial charge in [-0.05, 0) is 23.6 Å². The number of rotatable bonds is 5. The van der Waals surface area contributed by atoms with Crippen molar-refractivity contribution in [1.29, 1.82) is 0 Å². The Balaban J connectivity index is 2.47. The van der Waals surface area contributed by atoms with Gasteiger partial charge in [0.25, 0.3) is 0 Å². The lowest BCUT2D eigenvalue weighted by molar-refractivity contribution is -0.137. The standard InChI is InChI=1S/C13H16F3NO2/c1-9(2)8-19-17-12(18)7-10-3-5-11(6-4-10)13(14,15)16/h3-6,9H,7-8H2,1-2H3,(H,17,18). The van der Waals surface area contributed by atoms with Crippen molar-refractivity contribution in [2.24, 2.45) is 5.92 Å². The van der Waals surface area contributed by atoms with Crippen molar-refractivity contribution in [3.63, 3.8) is 0 Å². The molecule has 0 bridgehead atoms. The Morgan fingerprint density at radius 1 is 1.26 bits per heavy atom. The van der Waals surface area contributed by atoms with E-state index in [2.05, 4.69) is 5.48 Å². The first-order valence-corrected chi connectivity index (χ1v) is 5.86. The molecule has 0 atom stereocenters. The molecular formula is C13H16F3NO2. The van der Waals surface area contributed by atoms with Gasteiger partial charge in [0.1, 0.15) is 0 Å². The lowest BCUT2D eigenvalue weighted by Crippen LogP contribution is -2.27. The van der Waals surface area contributed by atoms with Crippen LogP contribution in [0.3, 0.4) is 0 Å². The molecule has 0 aliphatic carbocycles. The van der Waals surface area contributed by atoms with Crippen LogP contribution in [0.15, 0.2) is 24.3 Å². The fourth-order valence-electron chi connectivity index (χ4n) is 1.32. The number of benzene rings is 1. The number of carbonyl (C=O) groups excluding carboxylic acids is 1. The van der Waals surface area contributed by atoms with Gasteiger partial charge in [0.2, 0.25) is 5.91 Å². The van der Waals surface area contributed by atoms with Crippen molar-refractivity contribution >= 4 is 5.91 Å². The zero-order valence-corrected chi connectivity index (χ0v) is 10.8. The number of hydroxylamine groups is 1. The van der Waals surface area contributed by atoms with E-state index in [0.29, 0.717) is 12.2 Å². The summed E-state index contributed by atoms with van der Waals surface area (Å²) in [5.41, 5.74) is 2.02. The molecule has 0 fully saturated rings. The normalized spacial score (nSPS) is 11.7. The van der Waals surface area contributed by atoms with Crippen LogP contribution in [0.4, 0.5) is 13.2 Å². The third-order valence-electron chi connectivity index (χ3n) is 2.25. The first-order chi connectivity index (χ1) is 8.79. The monoisotopic (exact) mass is 275 g/mol. The molecule has 0 heterocycles. The molecule has 19 heavy (non-hydrogen) atoms. The van der Waals surface area contributed by atoms with Crippen LogP contribution in [0, 0.1) is 5.92 Å². The maximum Gasteiger partial charge on any atom is 0.416 e.